The first-order valence-electron chi connectivity index (χ1n) is 4.72. The first kappa shape index (κ1) is 17.8. The maximum atomic E-state index is 11.3. The summed E-state index contributed by atoms with van der Waals surface area (Å²) in [7, 11) is 0. The quantitative estimate of drug-likeness (QED) is 0.387. The summed E-state index contributed by atoms with van der Waals surface area (Å²) < 4.78 is 9.93. The molecule has 6 heteroatoms. The zero-order chi connectivity index (χ0) is 10.2. The summed E-state index contributed by atoms with van der Waals surface area (Å²) in [5.74, 6) is 0. The molecule has 0 bridgehead atoms. The van der Waals surface area contributed by atoms with Crippen molar-refractivity contribution in [1.82, 2.24) is 0 Å². The molecule has 0 aromatic rings. The molecular weight excluding hydrogens is 320 g/mol. The number of unbranched alkanes of at least 4 members (excludes halogenated alkanes) is 2. The summed E-state index contributed by atoms with van der Waals surface area (Å²) >= 11 is 4.68. The average Bonchev–Trinajstić information content (AvgIpc) is 2.05. The van der Waals surface area contributed by atoms with Crippen molar-refractivity contribution >= 4 is 18.5 Å². The predicted octanol–water partition coefficient (Wildman–Crippen LogP) is 2.20. The van der Waals surface area contributed by atoms with E-state index in [1.165, 1.54) is 0 Å². The molecule has 0 amide bonds. The number of hydrogen-bond donors (Lipinski definition) is 0. The van der Waals surface area contributed by atoms with E-state index >= 15 is 0 Å². The van der Waals surface area contributed by atoms with Gasteiger partial charge in [0.25, 0.3) is 0 Å². The van der Waals surface area contributed by atoms with Crippen molar-refractivity contribution in [2.75, 3.05) is 13.2 Å². The van der Waals surface area contributed by atoms with E-state index in [1.807, 2.05) is 13.8 Å². The Hall–Kier alpha value is 1.45. The van der Waals surface area contributed by atoms with Crippen molar-refractivity contribution in [3.05, 3.63) is 0 Å². The third kappa shape index (κ3) is 11.5. The largest absolute Gasteiger partial charge is 2.00 e. The van der Waals surface area contributed by atoms with Gasteiger partial charge in [-0.25, -0.2) is 0 Å². The van der Waals surface area contributed by atoms with Crippen molar-refractivity contribution in [3.63, 3.8) is 0 Å². The van der Waals surface area contributed by atoms with Crippen LogP contribution in [0.5, 0.6) is 0 Å². The molecule has 80 valence electrons. The van der Waals surface area contributed by atoms with Gasteiger partial charge in [-0.05, 0) is 12.8 Å². The fourth-order valence-electron chi connectivity index (χ4n) is 0.679. The number of rotatable bonds is 8. The van der Waals surface area contributed by atoms with Crippen LogP contribution in [0.15, 0.2) is 0 Å². The smallest absolute Gasteiger partial charge is 0.780 e. The second-order valence-corrected chi connectivity index (χ2v) is 5.57. The fraction of sp³-hybridized carbons (Fsp3) is 1.00. The zero-order valence-corrected chi connectivity index (χ0v) is 14.8. The Morgan fingerprint density at radius 3 is 1.71 bits per heavy atom. The molecule has 0 saturated heterocycles. The summed E-state index contributed by atoms with van der Waals surface area (Å²) in [5.41, 5.74) is 0. The minimum atomic E-state index is -3.17. The molecule has 0 saturated carbocycles. The van der Waals surface area contributed by atoms with Crippen molar-refractivity contribution in [2.45, 2.75) is 39.5 Å². The fourth-order valence-corrected chi connectivity index (χ4v) is 1.91. The molecule has 0 fully saturated rings. The van der Waals surface area contributed by atoms with Crippen LogP contribution >= 0.6 is 6.72 Å². The van der Waals surface area contributed by atoms with E-state index in [-0.39, 0.29) is 27.3 Å². The molecule has 0 heterocycles. The van der Waals surface area contributed by atoms with Crippen molar-refractivity contribution in [2.24, 2.45) is 0 Å². The maximum Gasteiger partial charge on any atom is 2.00 e. The molecular formula is C8H18CdO3PS+. The van der Waals surface area contributed by atoms with Gasteiger partial charge in [0.05, 0.1) is 13.2 Å². The third-order valence-electron chi connectivity index (χ3n) is 1.49. The Kier molecular flexibility index (Phi) is 14.0. The van der Waals surface area contributed by atoms with E-state index in [0.29, 0.717) is 13.2 Å². The van der Waals surface area contributed by atoms with Gasteiger partial charge >= 0.3 is 27.3 Å². The van der Waals surface area contributed by atoms with Gasteiger partial charge in [-0.15, -0.1) is 0 Å². The number of hydrogen-bond acceptors (Lipinski definition) is 4. The van der Waals surface area contributed by atoms with Crippen molar-refractivity contribution in [1.29, 1.82) is 0 Å². The summed E-state index contributed by atoms with van der Waals surface area (Å²) in [6.45, 7) is 1.77. The maximum absolute atomic E-state index is 11.3. The van der Waals surface area contributed by atoms with Crippen LogP contribution in [-0.4, -0.2) is 13.2 Å². The molecule has 0 aliphatic heterocycles. The predicted molar refractivity (Wildman–Crippen MR) is 56.0 cm³/mol. The van der Waals surface area contributed by atoms with Gasteiger partial charge in [0, 0.05) is 0 Å². The zero-order valence-electron chi connectivity index (χ0n) is 9.03. The van der Waals surface area contributed by atoms with Crippen molar-refractivity contribution < 1.29 is 41.2 Å². The van der Waals surface area contributed by atoms with Crippen LogP contribution in [0.25, 0.3) is 0 Å². The van der Waals surface area contributed by atoms with Crippen LogP contribution in [0, 0.1) is 0 Å². The van der Waals surface area contributed by atoms with Gasteiger partial charge in [-0.2, -0.15) is 0 Å². The second-order valence-electron chi connectivity index (χ2n) is 2.82. The van der Waals surface area contributed by atoms with Crippen LogP contribution < -0.4 is 4.89 Å². The van der Waals surface area contributed by atoms with Gasteiger partial charge in [-0.3, -0.25) is 0 Å². The van der Waals surface area contributed by atoms with Crippen molar-refractivity contribution in [3.8, 4) is 0 Å². The Balaban J connectivity index is 0. The standard InChI is InChI=1S/C8H19O3PS.Cd/c1-3-5-7-10-12(9,13)11-8-6-4-2;/h3-8H2,1-2H3,(H,9,13);/q;+2/p-1. The normalized spacial score (nSPS) is 11.1. The van der Waals surface area contributed by atoms with Crippen LogP contribution in [0.4, 0.5) is 0 Å². The SMILES string of the molecule is CCCCOP([O-])(=S)OCCCC.[Cd+2]. The molecule has 0 N–H and O–H groups in total. The summed E-state index contributed by atoms with van der Waals surface area (Å²) in [4.78, 5) is 11.3. The third-order valence-corrected chi connectivity index (χ3v) is 3.12. The topological polar surface area (TPSA) is 41.5 Å². The van der Waals surface area contributed by atoms with Gasteiger partial charge in [0.15, 0.2) is 0 Å². The average molecular weight is 338 g/mol. The minimum Gasteiger partial charge on any atom is -0.780 e. The summed E-state index contributed by atoms with van der Waals surface area (Å²) in [6.07, 6.45) is 3.75. The molecule has 0 aromatic carbocycles. The molecule has 0 atom stereocenters. The molecule has 14 heavy (non-hydrogen) atoms. The molecule has 0 aliphatic carbocycles. The molecule has 0 unspecified atom stereocenters. The summed E-state index contributed by atoms with van der Waals surface area (Å²) in [6, 6.07) is 0. The van der Waals surface area contributed by atoms with Gasteiger partial charge in [0.2, 0.25) is 0 Å². The Morgan fingerprint density at radius 2 is 1.43 bits per heavy atom. The summed E-state index contributed by atoms with van der Waals surface area (Å²) in [5, 5.41) is 0. The van der Waals surface area contributed by atoms with Crippen LogP contribution in [0.2, 0.25) is 0 Å². The monoisotopic (exact) mass is 339 g/mol. The van der Waals surface area contributed by atoms with E-state index in [2.05, 4.69) is 11.8 Å². The van der Waals surface area contributed by atoms with E-state index < -0.39 is 6.72 Å². The van der Waals surface area contributed by atoms with E-state index in [9.17, 15) is 4.89 Å². The molecule has 0 spiro atoms. The molecule has 0 aromatic heterocycles. The Morgan fingerprint density at radius 1 is 1.07 bits per heavy atom. The van der Waals surface area contributed by atoms with Gasteiger partial charge in [0.1, 0.15) is 6.72 Å². The first-order valence-corrected chi connectivity index (χ1v) is 7.28. The molecule has 0 aliphatic rings. The second kappa shape index (κ2) is 11.0. The van der Waals surface area contributed by atoms with Gasteiger partial charge < -0.3 is 13.9 Å². The van der Waals surface area contributed by atoms with E-state index in [0.717, 1.165) is 25.7 Å². The van der Waals surface area contributed by atoms with Crippen LogP contribution in [0.1, 0.15) is 39.5 Å². The minimum absolute atomic E-state index is 0. The molecule has 0 radical (unpaired) electrons. The van der Waals surface area contributed by atoms with E-state index in [1.54, 1.807) is 0 Å². The first-order chi connectivity index (χ1) is 6.12. The Labute approximate surface area is 112 Å². The van der Waals surface area contributed by atoms with Crippen LogP contribution in [0.3, 0.4) is 0 Å². The molecule has 0 rings (SSSR count). The Bertz CT molecular complexity index is 155. The van der Waals surface area contributed by atoms with Gasteiger partial charge in [-0.1, -0.05) is 38.5 Å². The van der Waals surface area contributed by atoms with E-state index in [4.69, 9.17) is 9.05 Å². The molecule has 3 nitrogen and oxygen atoms in total. The van der Waals surface area contributed by atoms with Crippen LogP contribution in [-0.2, 0) is 48.2 Å².